The first kappa shape index (κ1) is 26.5. The third-order valence-corrected chi connectivity index (χ3v) is 8.18. The number of carbonyl (C=O) groups excluding carboxylic acids is 1. The standard InChI is InChI=1S/C26H36N4O2S2/c1-5-7-9-13-30-25(32)22(34-26(30)33)16-20-19(4)21(17-27)24(31)29(12-8-6-2)23(20)28-14-10-18(3)11-15-28/h16,18H,5-15H2,1-4H3. The Balaban J connectivity index is 2.13. The molecule has 3 heterocycles. The van der Waals surface area contributed by atoms with Crippen molar-refractivity contribution in [2.45, 2.75) is 79.2 Å². The van der Waals surface area contributed by atoms with Gasteiger partial charge in [0.2, 0.25) is 0 Å². The van der Waals surface area contributed by atoms with Gasteiger partial charge in [-0.2, -0.15) is 5.26 Å². The Bertz CT molecular complexity index is 1060. The van der Waals surface area contributed by atoms with E-state index in [-0.39, 0.29) is 17.0 Å². The summed E-state index contributed by atoms with van der Waals surface area (Å²) < 4.78 is 2.36. The van der Waals surface area contributed by atoms with E-state index >= 15 is 0 Å². The lowest BCUT2D eigenvalue weighted by molar-refractivity contribution is -0.122. The number of pyridine rings is 1. The molecule has 1 amide bonds. The predicted octanol–water partition coefficient (Wildman–Crippen LogP) is 5.46. The maximum atomic E-state index is 13.4. The number of thioether (sulfide) groups is 1. The highest BCUT2D eigenvalue weighted by Crippen LogP contribution is 2.37. The molecule has 2 aliphatic rings. The van der Waals surface area contributed by atoms with Crippen molar-refractivity contribution >= 4 is 46.1 Å². The number of rotatable bonds is 9. The Hall–Kier alpha value is -2.11. The van der Waals surface area contributed by atoms with Gasteiger partial charge in [0.25, 0.3) is 11.5 Å². The van der Waals surface area contributed by atoms with Crippen molar-refractivity contribution in [3.8, 4) is 6.07 Å². The number of anilines is 1. The third-order valence-electron chi connectivity index (χ3n) is 6.80. The predicted molar refractivity (Wildman–Crippen MR) is 145 cm³/mol. The number of aromatic nitrogens is 1. The zero-order chi connectivity index (χ0) is 24.8. The Morgan fingerprint density at radius 3 is 2.41 bits per heavy atom. The zero-order valence-electron chi connectivity index (χ0n) is 20.9. The molecule has 0 spiro atoms. The fourth-order valence-electron chi connectivity index (χ4n) is 4.57. The van der Waals surface area contributed by atoms with Crippen molar-refractivity contribution in [3.63, 3.8) is 0 Å². The third kappa shape index (κ3) is 5.58. The summed E-state index contributed by atoms with van der Waals surface area (Å²) in [6.45, 7) is 11.2. The van der Waals surface area contributed by atoms with Crippen LogP contribution in [0.4, 0.5) is 5.82 Å². The second-order valence-corrected chi connectivity index (χ2v) is 11.0. The van der Waals surface area contributed by atoms with E-state index in [1.807, 2.05) is 13.0 Å². The second kappa shape index (κ2) is 12.0. The summed E-state index contributed by atoms with van der Waals surface area (Å²) in [5.74, 6) is 1.42. The summed E-state index contributed by atoms with van der Waals surface area (Å²) in [5, 5.41) is 9.83. The van der Waals surface area contributed by atoms with Crippen LogP contribution in [-0.2, 0) is 11.3 Å². The van der Waals surface area contributed by atoms with E-state index in [4.69, 9.17) is 12.2 Å². The van der Waals surface area contributed by atoms with Gasteiger partial charge in [0.05, 0.1) is 4.91 Å². The molecule has 34 heavy (non-hydrogen) atoms. The molecule has 0 aromatic carbocycles. The number of piperidine rings is 1. The highest BCUT2D eigenvalue weighted by molar-refractivity contribution is 8.26. The summed E-state index contributed by atoms with van der Waals surface area (Å²) in [7, 11) is 0. The summed E-state index contributed by atoms with van der Waals surface area (Å²) in [4.78, 5) is 31.1. The topological polar surface area (TPSA) is 69.3 Å². The Morgan fingerprint density at radius 2 is 1.79 bits per heavy atom. The molecule has 1 aromatic rings. The number of unbranched alkanes of at least 4 members (excludes halogenated alkanes) is 3. The SMILES string of the molecule is CCCCCN1C(=O)C(=Cc2c(C)c(C#N)c(=O)n(CCCC)c2N2CCC(C)CC2)SC1=S. The fraction of sp³-hybridized carbons (Fsp3) is 0.615. The van der Waals surface area contributed by atoms with Crippen molar-refractivity contribution in [2.75, 3.05) is 24.5 Å². The number of nitriles is 1. The van der Waals surface area contributed by atoms with Crippen LogP contribution in [0.15, 0.2) is 9.70 Å². The minimum atomic E-state index is -0.230. The summed E-state index contributed by atoms with van der Waals surface area (Å²) in [6, 6.07) is 2.14. The van der Waals surface area contributed by atoms with Crippen LogP contribution in [0.5, 0.6) is 0 Å². The van der Waals surface area contributed by atoms with Crippen LogP contribution in [0, 0.1) is 24.2 Å². The largest absolute Gasteiger partial charge is 0.357 e. The van der Waals surface area contributed by atoms with Crippen LogP contribution < -0.4 is 10.5 Å². The van der Waals surface area contributed by atoms with Gasteiger partial charge in [-0.05, 0) is 50.2 Å². The number of thiocarbonyl (C=S) groups is 1. The minimum Gasteiger partial charge on any atom is -0.357 e. The van der Waals surface area contributed by atoms with Crippen molar-refractivity contribution in [1.29, 1.82) is 5.26 Å². The lowest BCUT2D eigenvalue weighted by Gasteiger charge is -2.35. The van der Waals surface area contributed by atoms with E-state index in [1.165, 1.54) is 11.8 Å². The normalized spacial score (nSPS) is 18.3. The second-order valence-electron chi connectivity index (χ2n) is 9.37. The highest BCUT2D eigenvalue weighted by atomic mass is 32.2. The molecular formula is C26H36N4O2S2. The lowest BCUT2D eigenvalue weighted by atomic mass is 9.97. The molecule has 0 aliphatic carbocycles. The van der Waals surface area contributed by atoms with Gasteiger partial charge in [0.15, 0.2) is 0 Å². The highest BCUT2D eigenvalue weighted by Gasteiger charge is 2.33. The summed E-state index contributed by atoms with van der Waals surface area (Å²) >= 11 is 6.85. The molecule has 2 aliphatic heterocycles. The molecule has 8 heteroatoms. The molecule has 0 unspecified atom stereocenters. The van der Waals surface area contributed by atoms with Crippen LogP contribution in [0.1, 0.15) is 82.4 Å². The molecule has 2 saturated heterocycles. The van der Waals surface area contributed by atoms with Gasteiger partial charge in [0.1, 0.15) is 21.8 Å². The zero-order valence-corrected chi connectivity index (χ0v) is 22.5. The van der Waals surface area contributed by atoms with Crippen molar-refractivity contribution < 1.29 is 4.79 Å². The van der Waals surface area contributed by atoms with Gasteiger partial charge in [-0.25, -0.2) is 0 Å². The molecule has 3 rings (SSSR count). The number of nitrogens with zero attached hydrogens (tertiary/aromatic N) is 4. The van der Waals surface area contributed by atoms with Gasteiger partial charge in [-0.1, -0.05) is 64.0 Å². The molecular weight excluding hydrogens is 464 g/mol. The van der Waals surface area contributed by atoms with Crippen molar-refractivity contribution in [2.24, 2.45) is 5.92 Å². The molecule has 0 saturated carbocycles. The molecule has 6 nitrogen and oxygen atoms in total. The van der Waals surface area contributed by atoms with Crippen LogP contribution in [0.2, 0.25) is 0 Å². The van der Waals surface area contributed by atoms with Crippen LogP contribution >= 0.6 is 24.0 Å². The van der Waals surface area contributed by atoms with E-state index in [0.717, 1.165) is 69.4 Å². The Kier molecular flexibility index (Phi) is 9.38. The molecule has 0 atom stereocenters. The summed E-state index contributed by atoms with van der Waals surface area (Å²) in [5.41, 5.74) is 1.38. The van der Waals surface area contributed by atoms with E-state index in [9.17, 15) is 14.9 Å². The van der Waals surface area contributed by atoms with Gasteiger partial charge >= 0.3 is 0 Å². The maximum Gasteiger partial charge on any atom is 0.270 e. The number of hydrogen-bond donors (Lipinski definition) is 0. The molecule has 0 N–H and O–H groups in total. The molecule has 0 bridgehead atoms. The minimum absolute atomic E-state index is 0.0754. The molecule has 2 fully saturated rings. The number of carbonyl (C=O) groups is 1. The quantitative estimate of drug-likeness (QED) is 0.255. The lowest BCUT2D eigenvalue weighted by Crippen LogP contribution is -2.39. The van der Waals surface area contributed by atoms with E-state index in [2.05, 4.69) is 31.7 Å². The molecule has 1 aromatic heterocycles. The van der Waals surface area contributed by atoms with Gasteiger partial charge in [0, 0.05) is 31.7 Å². The van der Waals surface area contributed by atoms with Crippen LogP contribution in [-0.4, -0.2) is 39.3 Å². The number of amides is 1. The van der Waals surface area contributed by atoms with E-state index in [1.54, 1.807) is 9.47 Å². The first-order chi connectivity index (χ1) is 16.3. The van der Waals surface area contributed by atoms with E-state index < -0.39 is 0 Å². The Labute approximate surface area is 213 Å². The summed E-state index contributed by atoms with van der Waals surface area (Å²) in [6.07, 6.45) is 8.85. The van der Waals surface area contributed by atoms with E-state index in [0.29, 0.717) is 33.8 Å². The first-order valence-electron chi connectivity index (χ1n) is 12.5. The number of hydrogen-bond acceptors (Lipinski definition) is 6. The fourth-order valence-corrected chi connectivity index (χ4v) is 5.86. The maximum absolute atomic E-state index is 13.4. The average Bonchev–Trinajstić information content (AvgIpc) is 3.08. The first-order valence-corrected chi connectivity index (χ1v) is 13.7. The molecule has 184 valence electrons. The Morgan fingerprint density at radius 1 is 1.12 bits per heavy atom. The monoisotopic (exact) mass is 500 g/mol. The van der Waals surface area contributed by atoms with Gasteiger partial charge in [-0.3, -0.25) is 19.1 Å². The van der Waals surface area contributed by atoms with Gasteiger partial charge < -0.3 is 4.90 Å². The average molecular weight is 501 g/mol. The van der Waals surface area contributed by atoms with Crippen molar-refractivity contribution in [1.82, 2.24) is 9.47 Å². The van der Waals surface area contributed by atoms with Crippen LogP contribution in [0.25, 0.3) is 6.08 Å². The van der Waals surface area contributed by atoms with Gasteiger partial charge in [-0.15, -0.1) is 0 Å². The smallest absolute Gasteiger partial charge is 0.270 e. The van der Waals surface area contributed by atoms with Crippen molar-refractivity contribution in [3.05, 3.63) is 31.9 Å². The molecule has 0 radical (unpaired) electrons. The van der Waals surface area contributed by atoms with Crippen LogP contribution in [0.3, 0.4) is 0 Å².